The summed E-state index contributed by atoms with van der Waals surface area (Å²) in [5.41, 5.74) is 5.96. The number of benzene rings is 1. The van der Waals surface area contributed by atoms with Crippen molar-refractivity contribution in [3.8, 4) is 5.75 Å². The van der Waals surface area contributed by atoms with Crippen LogP contribution in [0.4, 0.5) is 0 Å². The minimum Gasteiger partial charge on any atom is -0.491 e. The topological polar surface area (TPSA) is 84.6 Å². The van der Waals surface area contributed by atoms with Gasteiger partial charge in [-0.1, -0.05) is 26.0 Å². The summed E-state index contributed by atoms with van der Waals surface area (Å²) in [7, 11) is 0. The number of carbonyl (C=O) groups excluding carboxylic acids is 1. The summed E-state index contributed by atoms with van der Waals surface area (Å²) in [4.78, 5) is 12.3. The molecular weight excluding hydrogens is 292 g/mol. The van der Waals surface area contributed by atoms with Gasteiger partial charge in [0.15, 0.2) is 0 Å². The largest absolute Gasteiger partial charge is 0.491 e. The number of aliphatic hydroxyl groups excluding tert-OH is 1. The van der Waals surface area contributed by atoms with E-state index in [0.717, 1.165) is 11.3 Å². The predicted molar refractivity (Wildman–Crippen MR) is 92.2 cm³/mol. The molecule has 0 bridgehead atoms. The summed E-state index contributed by atoms with van der Waals surface area (Å²) in [6.45, 7) is 8.32. The lowest BCUT2D eigenvalue weighted by atomic mass is 9.81. The molecule has 0 radical (unpaired) electrons. The van der Waals surface area contributed by atoms with Gasteiger partial charge in [-0.2, -0.15) is 0 Å². The van der Waals surface area contributed by atoms with Gasteiger partial charge in [0.05, 0.1) is 17.6 Å². The van der Waals surface area contributed by atoms with Crippen molar-refractivity contribution in [1.82, 2.24) is 5.32 Å². The fraction of sp³-hybridized carbons (Fsp3) is 0.611. The van der Waals surface area contributed by atoms with E-state index in [1.165, 1.54) is 0 Å². The van der Waals surface area contributed by atoms with E-state index in [0.29, 0.717) is 19.4 Å². The van der Waals surface area contributed by atoms with Gasteiger partial charge in [0.25, 0.3) is 0 Å². The molecule has 4 N–H and O–H groups in total. The lowest BCUT2D eigenvalue weighted by Crippen LogP contribution is -2.46. The third kappa shape index (κ3) is 5.22. The van der Waals surface area contributed by atoms with Crippen LogP contribution in [0.2, 0.25) is 0 Å². The van der Waals surface area contributed by atoms with Crippen molar-refractivity contribution in [1.29, 1.82) is 0 Å². The van der Waals surface area contributed by atoms with Crippen LogP contribution in [0.1, 0.15) is 52.2 Å². The first-order valence-corrected chi connectivity index (χ1v) is 8.31. The highest BCUT2D eigenvalue weighted by Gasteiger charge is 2.33. The van der Waals surface area contributed by atoms with E-state index in [-0.39, 0.29) is 18.6 Å². The number of aliphatic hydroxyl groups is 1. The first-order valence-electron chi connectivity index (χ1n) is 8.31. The third-order valence-electron chi connectivity index (χ3n) is 4.32. The number of rotatable bonds is 9. The van der Waals surface area contributed by atoms with Gasteiger partial charge >= 0.3 is 0 Å². The molecule has 5 nitrogen and oxygen atoms in total. The van der Waals surface area contributed by atoms with E-state index < -0.39 is 11.5 Å². The lowest BCUT2D eigenvalue weighted by molar-refractivity contribution is -0.131. The number of amides is 1. The van der Waals surface area contributed by atoms with Gasteiger partial charge in [0.1, 0.15) is 5.75 Å². The Kier molecular flexibility index (Phi) is 7.52. The molecular formula is C18H30N2O3. The van der Waals surface area contributed by atoms with Crippen molar-refractivity contribution < 1.29 is 14.6 Å². The van der Waals surface area contributed by atoms with Crippen LogP contribution >= 0.6 is 0 Å². The van der Waals surface area contributed by atoms with Gasteiger partial charge in [-0.05, 0) is 44.4 Å². The highest BCUT2D eigenvalue weighted by atomic mass is 16.5. The molecule has 130 valence electrons. The number of hydrogen-bond acceptors (Lipinski definition) is 4. The Hall–Kier alpha value is -1.59. The highest BCUT2D eigenvalue weighted by molar-refractivity contribution is 5.82. The highest BCUT2D eigenvalue weighted by Crippen LogP contribution is 2.25. The SMILES string of the molecule is CCC(CC)(CN)C(=O)NCC(O)c1ccc(OC(C)C)cc1. The maximum absolute atomic E-state index is 12.3. The average molecular weight is 322 g/mol. The number of nitrogens with one attached hydrogen (secondary N) is 1. The zero-order chi connectivity index (χ0) is 17.5. The minimum atomic E-state index is -0.753. The zero-order valence-electron chi connectivity index (χ0n) is 14.6. The number of ether oxygens (including phenoxy) is 1. The van der Waals surface area contributed by atoms with Crippen molar-refractivity contribution in [3.05, 3.63) is 29.8 Å². The normalized spacial score (nSPS) is 13.0. The van der Waals surface area contributed by atoms with Gasteiger partial charge in [-0.25, -0.2) is 0 Å². The second kappa shape index (κ2) is 8.89. The first-order chi connectivity index (χ1) is 10.9. The summed E-state index contributed by atoms with van der Waals surface area (Å²) < 4.78 is 5.57. The standard InChI is InChI=1S/C18H30N2O3/c1-5-18(6-2,12-19)17(22)20-11-16(21)14-7-9-15(10-8-14)23-13(3)4/h7-10,13,16,21H,5-6,11-12,19H2,1-4H3,(H,20,22). The monoisotopic (exact) mass is 322 g/mol. The van der Waals surface area contributed by atoms with E-state index in [9.17, 15) is 9.90 Å². The summed E-state index contributed by atoms with van der Waals surface area (Å²) >= 11 is 0. The van der Waals surface area contributed by atoms with Crippen LogP contribution in [0.3, 0.4) is 0 Å². The fourth-order valence-electron chi connectivity index (χ4n) is 2.49. The molecule has 1 aromatic carbocycles. The number of nitrogens with two attached hydrogens (primary N) is 1. The molecule has 0 saturated heterocycles. The molecule has 1 amide bonds. The molecule has 0 aliphatic heterocycles. The van der Waals surface area contributed by atoms with Gasteiger partial charge in [-0.3, -0.25) is 4.79 Å². The average Bonchev–Trinajstić information content (AvgIpc) is 2.55. The molecule has 0 aliphatic rings. The van der Waals surface area contributed by atoms with Crippen molar-refractivity contribution in [2.75, 3.05) is 13.1 Å². The molecule has 0 spiro atoms. The minimum absolute atomic E-state index is 0.0937. The predicted octanol–water partition coefficient (Wildman–Crippen LogP) is 2.39. The van der Waals surface area contributed by atoms with Crippen LogP contribution in [-0.2, 0) is 4.79 Å². The van der Waals surface area contributed by atoms with Crippen LogP contribution in [-0.4, -0.2) is 30.2 Å². The smallest absolute Gasteiger partial charge is 0.227 e. The second-order valence-electron chi connectivity index (χ2n) is 6.15. The Bertz CT molecular complexity index is 473. The van der Waals surface area contributed by atoms with Gasteiger partial charge in [-0.15, -0.1) is 0 Å². The van der Waals surface area contributed by atoms with Gasteiger partial charge in [0.2, 0.25) is 5.91 Å². The Labute approximate surface area is 139 Å². The van der Waals surface area contributed by atoms with Gasteiger partial charge in [0, 0.05) is 13.1 Å². The summed E-state index contributed by atoms with van der Waals surface area (Å²) in [6.07, 6.45) is 0.723. The van der Waals surface area contributed by atoms with Crippen LogP contribution in [0.5, 0.6) is 5.75 Å². The first kappa shape index (κ1) is 19.5. The van der Waals surface area contributed by atoms with Crippen molar-refractivity contribution >= 4 is 5.91 Å². The summed E-state index contributed by atoms with van der Waals surface area (Å²) in [6, 6.07) is 7.26. The van der Waals surface area contributed by atoms with Gasteiger partial charge < -0.3 is 20.9 Å². The number of carbonyl (C=O) groups is 1. The molecule has 0 aliphatic carbocycles. The molecule has 0 saturated carbocycles. The maximum Gasteiger partial charge on any atom is 0.227 e. The Balaban J connectivity index is 2.62. The van der Waals surface area contributed by atoms with Crippen molar-refractivity contribution in [3.63, 3.8) is 0 Å². The third-order valence-corrected chi connectivity index (χ3v) is 4.32. The van der Waals surface area contributed by atoms with Crippen LogP contribution < -0.4 is 15.8 Å². The van der Waals surface area contributed by atoms with E-state index in [4.69, 9.17) is 10.5 Å². The van der Waals surface area contributed by atoms with E-state index in [2.05, 4.69) is 5.32 Å². The molecule has 1 atom stereocenters. The van der Waals surface area contributed by atoms with Crippen LogP contribution in [0.15, 0.2) is 24.3 Å². The molecule has 5 heteroatoms. The Morgan fingerprint density at radius 2 is 1.83 bits per heavy atom. The molecule has 1 aromatic rings. The Morgan fingerprint density at radius 1 is 1.26 bits per heavy atom. The summed E-state index contributed by atoms with van der Waals surface area (Å²) in [5, 5.41) is 13.1. The number of hydrogen-bond donors (Lipinski definition) is 3. The maximum atomic E-state index is 12.3. The summed E-state index contributed by atoms with van der Waals surface area (Å²) in [5.74, 6) is 0.669. The second-order valence-corrected chi connectivity index (χ2v) is 6.15. The lowest BCUT2D eigenvalue weighted by Gasteiger charge is -2.29. The molecule has 0 fully saturated rings. The van der Waals surface area contributed by atoms with Crippen LogP contribution in [0, 0.1) is 5.41 Å². The molecule has 0 heterocycles. The molecule has 1 unspecified atom stereocenters. The van der Waals surface area contributed by atoms with E-state index in [1.807, 2.05) is 52.0 Å². The fourth-order valence-corrected chi connectivity index (χ4v) is 2.49. The zero-order valence-corrected chi connectivity index (χ0v) is 14.6. The molecule has 23 heavy (non-hydrogen) atoms. The molecule has 1 rings (SSSR count). The Morgan fingerprint density at radius 3 is 2.26 bits per heavy atom. The van der Waals surface area contributed by atoms with Crippen molar-refractivity contribution in [2.24, 2.45) is 11.1 Å². The van der Waals surface area contributed by atoms with E-state index in [1.54, 1.807) is 0 Å². The van der Waals surface area contributed by atoms with Crippen molar-refractivity contribution in [2.45, 2.75) is 52.7 Å². The van der Waals surface area contributed by atoms with Crippen LogP contribution in [0.25, 0.3) is 0 Å². The van der Waals surface area contributed by atoms with E-state index >= 15 is 0 Å². The quantitative estimate of drug-likeness (QED) is 0.652. The molecule has 0 aromatic heterocycles.